The SMILES string of the molecule is COc1c(CNC(=O)c2cc(C3CC3)nn2C)cccc1OCc1ncc(C(=O)N2CCN(S(C)(=O)=O)CC2)s1. The van der Waals surface area contributed by atoms with Gasteiger partial charge < -0.3 is 19.7 Å². The molecule has 0 spiro atoms. The molecule has 0 unspecified atom stereocenters. The molecule has 3 aromatic rings. The lowest BCUT2D eigenvalue weighted by atomic mass is 10.1. The van der Waals surface area contributed by atoms with Crippen LogP contribution in [0.2, 0.25) is 0 Å². The van der Waals surface area contributed by atoms with Gasteiger partial charge in [0.1, 0.15) is 22.2 Å². The van der Waals surface area contributed by atoms with Crippen molar-refractivity contribution in [3.8, 4) is 11.5 Å². The minimum atomic E-state index is -3.27. The van der Waals surface area contributed by atoms with E-state index in [1.54, 1.807) is 29.8 Å². The number of rotatable bonds is 10. The van der Waals surface area contributed by atoms with Gasteiger partial charge >= 0.3 is 0 Å². The first-order valence-electron chi connectivity index (χ1n) is 12.9. The van der Waals surface area contributed by atoms with Gasteiger partial charge in [-0.2, -0.15) is 9.40 Å². The number of piperazine rings is 1. The molecule has 14 heteroatoms. The summed E-state index contributed by atoms with van der Waals surface area (Å²) >= 11 is 1.23. The van der Waals surface area contributed by atoms with Crippen LogP contribution in [0.15, 0.2) is 30.5 Å². The maximum atomic E-state index is 12.9. The number of aryl methyl sites for hydroxylation is 1. The van der Waals surface area contributed by atoms with Gasteiger partial charge in [0.05, 0.1) is 25.3 Å². The third-order valence-electron chi connectivity index (χ3n) is 6.94. The lowest BCUT2D eigenvalue weighted by Gasteiger charge is -2.32. The van der Waals surface area contributed by atoms with Gasteiger partial charge in [-0.25, -0.2) is 13.4 Å². The van der Waals surface area contributed by atoms with Gasteiger partial charge in [0.15, 0.2) is 11.5 Å². The molecular weight excluding hydrogens is 556 g/mol. The predicted octanol–water partition coefficient (Wildman–Crippen LogP) is 1.99. The van der Waals surface area contributed by atoms with Crippen molar-refractivity contribution >= 4 is 33.2 Å². The van der Waals surface area contributed by atoms with E-state index in [1.165, 1.54) is 28.1 Å². The number of thiazole rings is 1. The van der Waals surface area contributed by atoms with Gasteiger partial charge in [0.25, 0.3) is 11.8 Å². The molecule has 12 nitrogen and oxygen atoms in total. The first-order chi connectivity index (χ1) is 19.1. The van der Waals surface area contributed by atoms with E-state index in [9.17, 15) is 18.0 Å². The molecule has 2 fully saturated rings. The lowest BCUT2D eigenvalue weighted by molar-refractivity contribution is 0.0702. The third kappa shape index (κ3) is 6.29. The Morgan fingerprint density at radius 3 is 2.60 bits per heavy atom. The Hall–Kier alpha value is -3.49. The van der Waals surface area contributed by atoms with E-state index >= 15 is 0 Å². The number of nitrogens with one attached hydrogen (secondary N) is 1. The summed E-state index contributed by atoms with van der Waals surface area (Å²) in [5.41, 5.74) is 2.23. The van der Waals surface area contributed by atoms with Crippen LogP contribution in [-0.2, 0) is 30.2 Å². The first-order valence-corrected chi connectivity index (χ1v) is 15.6. The summed E-state index contributed by atoms with van der Waals surface area (Å²) in [4.78, 5) is 32.2. The van der Waals surface area contributed by atoms with Gasteiger partial charge in [-0.15, -0.1) is 11.3 Å². The molecule has 0 atom stereocenters. The molecule has 1 aromatic carbocycles. The van der Waals surface area contributed by atoms with Crippen LogP contribution < -0.4 is 14.8 Å². The highest BCUT2D eigenvalue weighted by Crippen LogP contribution is 2.39. The largest absolute Gasteiger partial charge is 0.493 e. The van der Waals surface area contributed by atoms with E-state index in [0.717, 1.165) is 24.1 Å². The molecule has 1 saturated heterocycles. The Kier molecular flexibility index (Phi) is 8.10. The van der Waals surface area contributed by atoms with Crippen LogP contribution in [0.3, 0.4) is 0 Å². The van der Waals surface area contributed by atoms with Crippen LogP contribution >= 0.6 is 11.3 Å². The number of amides is 2. The number of nitrogens with zero attached hydrogens (tertiary/aromatic N) is 5. The zero-order valence-corrected chi connectivity index (χ0v) is 24.3. The third-order valence-corrected chi connectivity index (χ3v) is 9.20. The summed E-state index contributed by atoms with van der Waals surface area (Å²) in [5, 5.41) is 8.01. The van der Waals surface area contributed by atoms with Crippen molar-refractivity contribution in [2.45, 2.75) is 31.9 Å². The average Bonchev–Trinajstić information content (AvgIpc) is 3.56. The van der Waals surface area contributed by atoms with Crippen molar-refractivity contribution in [1.82, 2.24) is 29.3 Å². The van der Waals surface area contributed by atoms with Crippen LogP contribution in [0.5, 0.6) is 11.5 Å². The maximum absolute atomic E-state index is 12.9. The van der Waals surface area contributed by atoms with Gasteiger partial charge in [-0.05, 0) is 25.0 Å². The summed E-state index contributed by atoms with van der Waals surface area (Å²) in [7, 11) is 0.0461. The molecule has 2 aromatic heterocycles. The number of para-hydroxylation sites is 1. The fourth-order valence-electron chi connectivity index (χ4n) is 4.59. The van der Waals surface area contributed by atoms with Crippen LogP contribution in [0, 0.1) is 0 Å². The average molecular weight is 589 g/mol. The van der Waals surface area contributed by atoms with Crippen LogP contribution in [-0.4, -0.2) is 83.7 Å². The predicted molar refractivity (Wildman–Crippen MR) is 148 cm³/mol. The Labute approximate surface area is 236 Å². The number of aromatic nitrogens is 3. The van der Waals surface area contributed by atoms with Crippen molar-refractivity contribution in [3.63, 3.8) is 0 Å². The Balaban J connectivity index is 1.18. The van der Waals surface area contributed by atoms with Crippen LogP contribution in [0.4, 0.5) is 0 Å². The number of hydrogen-bond donors (Lipinski definition) is 1. The molecule has 1 aliphatic carbocycles. The molecule has 1 aliphatic heterocycles. The van der Waals surface area contributed by atoms with Gasteiger partial charge in [-0.1, -0.05) is 12.1 Å². The number of carbonyl (C=O) groups excluding carboxylic acids is 2. The second kappa shape index (κ2) is 11.6. The summed E-state index contributed by atoms with van der Waals surface area (Å²) in [6.45, 7) is 1.59. The Morgan fingerprint density at radius 2 is 1.93 bits per heavy atom. The number of sulfonamides is 1. The Bertz CT molecular complexity index is 1510. The fourth-order valence-corrected chi connectivity index (χ4v) is 6.21. The van der Waals surface area contributed by atoms with Crippen LogP contribution in [0.1, 0.15) is 55.2 Å². The maximum Gasteiger partial charge on any atom is 0.269 e. The molecule has 0 bridgehead atoms. The summed E-state index contributed by atoms with van der Waals surface area (Å²) in [6.07, 6.45) is 4.93. The first kappa shape index (κ1) is 28.1. The van der Waals surface area contributed by atoms with Crippen LogP contribution in [0.25, 0.3) is 0 Å². The number of methoxy groups -OCH3 is 1. The zero-order valence-electron chi connectivity index (χ0n) is 22.6. The normalized spacial score (nSPS) is 16.1. The van der Waals surface area contributed by atoms with E-state index in [0.29, 0.717) is 46.1 Å². The van der Waals surface area contributed by atoms with E-state index in [-0.39, 0.29) is 38.1 Å². The minimum Gasteiger partial charge on any atom is -0.493 e. The highest BCUT2D eigenvalue weighted by Gasteiger charge is 2.29. The molecule has 2 amide bonds. The monoisotopic (exact) mass is 588 g/mol. The molecule has 5 rings (SSSR count). The second-order valence-electron chi connectivity index (χ2n) is 9.84. The molecule has 1 saturated carbocycles. The number of carbonyl (C=O) groups is 2. The van der Waals surface area contributed by atoms with Gasteiger partial charge in [0.2, 0.25) is 10.0 Å². The number of benzene rings is 1. The minimum absolute atomic E-state index is 0.130. The molecule has 214 valence electrons. The zero-order chi connectivity index (χ0) is 28.4. The van der Waals surface area contributed by atoms with Gasteiger partial charge in [0, 0.05) is 51.3 Å². The summed E-state index contributed by atoms with van der Waals surface area (Å²) < 4.78 is 38.0. The van der Waals surface area contributed by atoms with Gasteiger partial charge in [-0.3, -0.25) is 14.3 Å². The fraction of sp³-hybridized carbons (Fsp3) is 0.462. The standard InChI is InChI=1S/C26H32N6O6S2/c1-30-20(13-19(29-30)17-7-8-17)25(33)28-14-18-5-4-6-21(24(18)37-2)38-16-23-27-15-22(39-23)26(34)31-9-11-32(12-10-31)40(3,35)36/h4-6,13,15,17H,7-12,14,16H2,1-3H3,(H,28,33). The molecular formula is C26H32N6O6S2. The quantitative estimate of drug-likeness (QED) is 0.380. The van der Waals surface area contributed by atoms with Crippen molar-refractivity contribution < 1.29 is 27.5 Å². The van der Waals surface area contributed by atoms with E-state index in [4.69, 9.17) is 9.47 Å². The topological polar surface area (TPSA) is 136 Å². The summed E-state index contributed by atoms with van der Waals surface area (Å²) in [6, 6.07) is 7.30. The van der Waals surface area contributed by atoms with E-state index in [1.807, 2.05) is 18.2 Å². The highest BCUT2D eigenvalue weighted by molar-refractivity contribution is 7.88. The molecule has 2 aliphatic rings. The smallest absolute Gasteiger partial charge is 0.269 e. The number of hydrogen-bond acceptors (Lipinski definition) is 9. The summed E-state index contributed by atoms with van der Waals surface area (Å²) in [5.74, 6) is 1.07. The van der Waals surface area contributed by atoms with E-state index < -0.39 is 10.0 Å². The van der Waals surface area contributed by atoms with Crippen molar-refractivity contribution in [2.24, 2.45) is 7.05 Å². The molecule has 0 radical (unpaired) electrons. The van der Waals surface area contributed by atoms with E-state index in [2.05, 4.69) is 15.4 Å². The highest BCUT2D eigenvalue weighted by atomic mass is 32.2. The molecule has 1 N–H and O–H groups in total. The van der Waals surface area contributed by atoms with Crippen molar-refractivity contribution in [3.05, 3.63) is 57.3 Å². The van der Waals surface area contributed by atoms with Crippen molar-refractivity contribution in [1.29, 1.82) is 0 Å². The second-order valence-corrected chi connectivity index (χ2v) is 12.9. The Morgan fingerprint density at radius 1 is 1.18 bits per heavy atom. The lowest BCUT2D eigenvalue weighted by Crippen LogP contribution is -2.50. The van der Waals surface area contributed by atoms with Crippen molar-refractivity contribution in [2.75, 3.05) is 39.5 Å². The molecule has 3 heterocycles. The molecule has 40 heavy (non-hydrogen) atoms. The number of ether oxygens (including phenoxy) is 2.